The van der Waals surface area contributed by atoms with E-state index in [-0.39, 0.29) is 0 Å². The molecule has 0 aliphatic heterocycles. The average molecular weight is 159 g/mol. The Morgan fingerprint density at radius 1 is 1.33 bits per heavy atom. The second-order valence-electron chi connectivity index (χ2n) is 3.33. The standard InChI is InChI=1S/C11H13N/c1-8(2)10-6-5-9(3)7-11(10)12-4/h5-8H,1-3H3. The van der Waals surface area contributed by atoms with Crippen LogP contribution in [0.1, 0.15) is 30.9 Å². The van der Waals surface area contributed by atoms with Crippen LogP contribution >= 0.6 is 0 Å². The van der Waals surface area contributed by atoms with E-state index in [1.54, 1.807) is 0 Å². The number of nitrogens with zero attached hydrogens (tertiary/aromatic N) is 1. The fourth-order valence-electron chi connectivity index (χ4n) is 1.24. The summed E-state index contributed by atoms with van der Waals surface area (Å²) in [6, 6.07) is 6.06. The molecule has 1 aromatic rings. The summed E-state index contributed by atoms with van der Waals surface area (Å²) in [5, 5.41) is 0. The third-order valence-corrected chi connectivity index (χ3v) is 1.93. The van der Waals surface area contributed by atoms with Gasteiger partial charge in [0.25, 0.3) is 0 Å². The molecule has 0 spiro atoms. The van der Waals surface area contributed by atoms with Gasteiger partial charge in [0, 0.05) is 0 Å². The number of hydrogen-bond acceptors (Lipinski definition) is 0. The fraction of sp³-hybridized carbons (Fsp3) is 0.364. The number of rotatable bonds is 1. The topological polar surface area (TPSA) is 4.36 Å². The van der Waals surface area contributed by atoms with Gasteiger partial charge in [0.05, 0.1) is 6.57 Å². The molecule has 0 saturated carbocycles. The predicted octanol–water partition coefficient (Wildman–Crippen LogP) is 3.67. The van der Waals surface area contributed by atoms with Crippen LogP contribution in [0.25, 0.3) is 4.85 Å². The molecule has 0 saturated heterocycles. The minimum absolute atomic E-state index is 0.440. The third kappa shape index (κ3) is 1.65. The van der Waals surface area contributed by atoms with Gasteiger partial charge in [-0.3, -0.25) is 0 Å². The van der Waals surface area contributed by atoms with Crippen LogP contribution in [-0.4, -0.2) is 0 Å². The first-order valence-corrected chi connectivity index (χ1v) is 4.13. The minimum Gasteiger partial charge on any atom is -0.238 e. The zero-order valence-corrected chi connectivity index (χ0v) is 7.76. The van der Waals surface area contributed by atoms with E-state index in [0.29, 0.717) is 5.92 Å². The SMILES string of the molecule is [C-]#[N+]c1cc(C)ccc1C(C)C. The van der Waals surface area contributed by atoms with Gasteiger partial charge in [0.2, 0.25) is 0 Å². The van der Waals surface area contributed by atoms with Crippen LogP contribution in [0, 0.1) is 13.5 Å². The van der Waals surface area contributed by atoms with E-state index in [9.17, 15) is 0 Å². The van der Waals surface area contributed by atoms with Crippen LogP contribution in [0.3, 0.4) is 0 Å². The summed E-state index contributed by atoms with van der Waals surface area (Å²) in [6.07, 6.45) is 0. The van der Waals surface area contributed by atoms with E-state index in [1.165, 1.54) is 0 Å². The Morgan fingerprint density at radius 2 is 2.00 bits per heavy atom. The maximum Gasteiger partial charge on any atom is 0.190 e. The molecule has 0 fully saturated rings. The Hall–Kier alpha value is -1.29. The van der Waals surface area contributed by atoms with Crippen molar-refractivity contribution in [1.29, 1.82) is 0 Å². The lowest BCUT2D eigenvalue weighted by Gasteiger charge is -2.07. The first-order chi connectivity index (χ1) is 5.65. The van der Waals surface area contributed by atoms with E-state index in [0.717, 1.165) is 16.8 Å². The third-order valence-electron chi connectivity index (χ3n) is 1.93. The lowest BCUT2D eigenvalue weighted by atomic mass is 10.00. The van der Waals surface area contributed by atoms with Crippen LogP contribution in [0.2, 0.25) is 0 Å². The van der Waals surface area contributed by atoms with E-state index in [4.69, 9.17) is 6.57 Å². The van der Waals surface area contributed by atoms with Crippen LogP contribution in [0.15, 0.2) is 18.2 Å². The highest BCUT2D eigenvalue weighted by Crippen LogP contribution is 2.27. The van der Waals surface area contributed by atoms with Crippen molar-refractivity contribution in [3.63, 3.8) is 0 Å². The van der Waals surface area contributed by atoms with E-state index in [1.807, 2.05) is 19.1 Å². The number of aryl methyl sites for hydroxylation is 1. The molecule has 0 heterocycles. The van der Waals surface area contributed by atoms with Crippen LogP contribution in [0.4, 0.5) is 5.69 Å². The van der Waals surface area contributed by atoms with Crippen LogP contribution < -0.4 is 0 Å². The molecule has 1 nitrogen and oxygen atoms in total. The molecule has 1 aromatic carbocycles. The minimum atomic E-state index is 0.440. The summed E-state index contributed by atoms with van der Waals surface area (Å²) in [5.41, 5.74) is 3.10. The van der Waals surface area contributed by atoms with Gasteiger partial charge in [-0.25, -0.2) is 4.85 Å². The Kier molecular flexibility index (Phi) is 2.50. The van der Waals surface area contributed by atoms with Gasteiger partial charge >= 0.3 is 0 Å². The summed E-state index contributed by atoms with van der Waals surface area (Å²) >= 11 is 0. The molecule has 0 N–H and O–H groups in total. The largest absolute Gasteiger partial charge is 0.238 e. The highest BCUT2D eigenvalue weighted by atomic mass is 14.6. The van der Waals surface area contributed by atoms with Crippen molar-refractivity contribution in [2.24, 2.45) is 0 Å². The normalized spacial score (nSPS) is 9.92. The molecule has 1 rings (SSSR count). The average Bonchev–Trinajstić information content (AvgIpc) is 2.03. The van der Waals surface area contributed by atoms with Crippen molar-refractivity contribution in [2.45, 2.75) is 26.7 Å². The summed E-state index contributed by atoms with van der Waals surface area (Å²) < 4.78 is 0. The summed E-state index contributed by atoms with van der Waals surface area (Å²) in [6.45, 7) is 13.2. The Morgan fingerprint density at radius 3 is 2.50 bits per heavy atom. The predicted molar refractivity (Wildman–Crippen MR) is 51.5 cm³/mol. The number of benzene rings is 1. The highest BCUT2D eigenvalue weighted by molar-refractivity contribution is 5.55. The first-order valence-electron chi connectivity index (χ1n) is 4.13. The highest BCUT2D eigenvalue weighted by Gasteiger charge is 2.05. The van der Waals surface area contributed by atoms with E-state index in [2.05, 4.69) is 24.8 Å². The lowest BCUT2D eigenvalue weighted by Crippen LogP contribution is -1.87. The van der Waals surface area contributed by atoms with Gasteiger partial charge in [0.1, 0.15) is 0 Å². The molecule has 0 aliphatic rings. The second-order valence-corrected chi connectivity index (χ2v) is 3.33. The molecule has 12 heavy (non-hydrogen) atoms. The van der Waals surface area contributed by atoms with Gasteiger partial charge in [-0.15, -0.1) is 0 Å². The molecule has 0 bridgehead atoms. The van der Waals surface area contributed by atoms with Crippen molar-refractivity contribution >= 4 is 5.69 Å². The van der Waals surface area contributed by atoms with Gasteiger partial charge in [-0.1, -0.05) is 37.6 Å². The fourth-order valence-corrected chi connectivity index (χ4v) is 1.24. The Bertz CT molecular complexity index is 318. The molecule has 0 radical (unpaired) electrons. The monoisotopic (exact) mass is 159 g/mol. The summed E-state index contributed by atoms with van der Waals surface area (Å²) in [4.78, 5) is 3.50. The maximum atomic E-state index is 7.00. The van der Waals surface area contributed by atoms with Gasteiger partial charge in [-0.2, -0.15) is 0 Å². The van der Waals surface area contributed by atoms with Gasteiger partial charge in [-0.05, 0) is 18.4 Å². The molecule has 62 valence electrons. The van der Waals surface area contributed by atoms with Crippen molar-refractivity contribution in [3.8, 4) is 0 Å². The summed E-state index contributed by atoms with van der Waals surface area (Å²) in [7, 11) is 0. The smallest absolute Gasteiger partial charge is 0.190 e. The molecule has 0 atom stereocenters. The Labute approximate surface area is 73.9 Å². The van der Waals surface area contributed by atoms with E-state index >= 15 is 0 Å². The van der Waals surface area contributed by atoms with E-state index < -0.39 is 0 Å². The first kappa shape index (κ1) is 8.80. The zero-order chi connectivity index (χ0) is 9.14. The van der Waals surface area contributed by atoms with Crippen LogP contribution in [-0.2, 0) is 0 Å². The lowest BCUT2D eigenvalue weighted by molar-refractivity contribution is 0.870. The molecular weight excluding hydrogens is 146 g/mol. The van der Waals surface area contributed by atoms with Crippen molar-refractivity contribution < 1.29 is 0 Å². The second kappa shape index (κ2) is 3.40. The Balaban J connectivity index is 3.23. The molecule has 0 aliphatic carbocycles. The van der Waals surface area contributed by atoms with Crippen molar-refractivity contribution in [2.75, 3.05) is 0 Å². The quantitative estimate of drug-likeness (QED) is 0.551. The zero-order valence-electron chi connectivity index (χ0n) is 7.76. The summed E-state index contributed by atoms with van der Waals surface area (Å²) in [5.74, 6) is 0.440. The van der Waals surface area contributed by atoms with Crippen LogP contribution in [0.5, 0.6) is 0 Å². The van der Waals surface area contributed by atoms with Crippen molar-refractivity contribution in [3.05, 3.63) is 40.7 Å². The maximum absolute atomic E-state index is 7.00. The van der Waals surface area contributed by atoms with Crippen molar-refractivity contribution in [1.82, 2.24) is 0 Å². The van der Waals surface area contributed by atoms with Gasteiger partial charge < -0.3 is 0 Å². The molecular formula is C11H13N. The van der Waals surface area contributed by atoms with Gasteiger partial charge in [0.15, 0.2) is 5.69 Å². The number of hydrogen-bond donors (Lipinski definition) is 0. The molecule has 0 aromatic heterocycles. The molecule has 0 unspecified atom stereocenters. The molecule has 1 heteroatoms. The molecule has 0 amide bonds.